The molecule has 0 unspecified atom stereocenters. The van der Waals surface area contributed by atoms with E-state index < -0.39 is 0 Å². The van der Waals surface area contributed by atoms with E-state index in [4.69, 9.17) is 0 Å². The first-order chi connectivity index (χ1) is 10.0. The summed E-state index contributed by atoms with van der Waals surface area (Å²) in [4.78, 5) is 0. The van der Waals surface area contributed by atoms with Gasteiger partial charge in [-0.2, -0.15) is 0 Å². The zero-order chi connectivity index (χ0) is 17.0. The zero-order valence-electron chi connectivity index (χ0n) is 14.4. The molecule has 0 nitrogen and oxygen atoms in total. The van der Waals surface area contributed by atoms with Crippen LogP contribution >= 0.6 is 0 Å². The summed E-state index contributed by atoms with van der Waals surface area (Å²) < 4.78 is 25.8. The molecule has 2 aromatic rings. The van der Waals surface area contributed by atoms with Gasteiger partial charge >= 0.3 is 0 Å². The lowest BCUT2D eigenvalue weighted by atomic mass is 9.87. The van der Waals surface area contributed by atoms with Gasteiger partial charge in [-0.1, -0.05) is 71.9 Å². The van der Waals surface area contributed by atoms with Gasteiger partial charge in [-0.25, -0.2) is 8.78 Å². The van der Waals surface area contributed by atoms with Crippen LogP contribution in [-0.4, -0.2) is 0 Å². The predicted octanol–water partition coefficient (Wildman–Crippen LogP) is 6.25. The van der Waals surface area contributed by atoms with Crippen LogP contribution in [0.2, 0.25) is 0 Å². The summed E-state index contributed by atoms with van der Waals surface area (Å²) in [6.07, 6.45) is 0. The Bertz CT molecular complexity index is 602. The minimum atomic E-state index is -0.155. The van der Waals surface area contributed by atoms with Crippen molar-refractivity contribution in [2.75, 3.05) is 0 Å². The van der Waals surface area contributed by atoms with Crippen molar-refractivity contribution in [1.29, 1.82) is 0 Å². The normalized spacial score (nSPS) is 11.6. The number of halogens is 2. The van der Waals surface area contributed by atoms with Gasteiger partial charge < -0.3 is 0 Å². The molecule has 2 rings (SSSR count). The Labute approximate surface area is 133 Å². The van der Waals surface area contributed by atoms with E-state index in [1.54, 1.807) is 18.2 Å². The molecule has 0 atom stereocenters. The van der Waals surface area contributed by atoms with E-state index in [-0.39, 0.29) is 22.5 Å². The fourth-order valence-corrected chi connectivity index (χ4v) is 2.02. The first kappa shape index (κ1) is 18.3. The fourth-order valence-electron chi connectivity index (χ4n) is 2.02. The first-order valence-electron chi connectivity index (χ1n) is 7.53. The Morgan fingerprint density at radius 3 is 1.64 bits per heavy atom. The lowest BCUT2D eigenvalue weighted by Crippen LogP contribution is -2.12. The smallest absolute Gasteiger partial charge is 0.126 e. The first-order valence-corrected chi connectivity index (χ1v) is 7.53. The molecule has 0 heterocycles. The molecule has 22 heavy (non-hydrogen) atoms. The van der Waals surface area contributed by atoms with Crippen molar-refractivity contribution in [3.63, 3.8) is 0 Å². The van der Waals surface area contributed by atoms with Crippen LogP contribution in [0, 0.1) is 11.6 Å². The van der Waals surface area contributed by atoms with E-state index in [0.29, 0.717) is 0 Å². The molecule has 0 aliphatic rings. The van der Waals surface area contributed by atoms with Crippen molar-refractivity contribution in [2.24, 2.45) is 0 Å². The molecule has 0 bridgehead atoms. The monoisotopic (exact) mass is 304 g/mol. The van der Waals surface area contributed by atoms with E-state index >= 15 is 0 Å². The molecule has 120 valence electrons. The maximum atomic E-state index is 13.1. The van der Waals surface area contributed by atoms with Gasteiger partial charge in [0.05, 0.1) is 0 Å². The lowest BCUT2D eigenvalue weighted by molar-refractivity contribution is 0.523. The quantitative estimate of drug-likeness (QED) is 0.540. The summed E-state index contributed by atoms with van der Waals surface area (Å²) >= 11 is 0. The van der Waals surface area contributed by atoms with Gasteiger partial charge in [-0.15, -0.1) is 0 Å². The van der Waals surface area contributed by atoms with Crippen LogP contribution in [-0.2, 0) is 10.8 Å². The second kappa shape index (κ2) is 7.04. The standard InChI is InChI=1S/2C10H13F/c1-10(2,3)8-5-4-6-9(11)7-8;1-10(2,3)8-6-4-5-7-9(8)11/h2*4-7H,1-3H3. The molecule has 2 aromatic carbocycles. The summed E-state index contributed by atoms with van der Waals surface area (Å²) in [5.41, 5.74) is 1.77. The van der Waals surface area contributed by atoms with Gasteiger partial charge in [0.1, 0.15) is 11.6 Å². The van der Waals surface area contributed by atoms with Crippen molar-refractivity contribution in [3.05, 3.63) is 71.3 Å². The summed E-state index contributed by atoms with van der Waals surface area (Å²) in [5.74, 6) is -0.266. The molecule has 2 heteroatoms. The van der Waals surface area contributed by atoms with Crippen LogP contribution in [0.1, 0.15) is 52.7 Å². The van der Waals surface area contributed by atoms with E-state index in [0.717, 1.165) is 11.1 Å². The maximum Gasteiger partial charge on any atom is 0.126 e. The SMILES string of the molecule is CC(C)(C)c1cccc(F)c1.CC(C)(C)c1ccccc1F. The summed E-state index contributed by atoms with van der Waals surface area (Å²) in [6, 6.07) is 13.7. The Morgan fingerprint density at radius 1 is 0.682 bits per heavy atom. The topological polar surface area (TPSA) is 0 Å². The molecule has 0 amide bonds. The van der Waals surface area contributed by atoms with Gasteiger partial charge in [0.2, 0.25) is 0 Å². The molecule has 0 spiro atoms. The molecule has 0 aliphatic heterocycles. The van der Waals surface area contributed by atoms with Crippen molar-refractivity contribution >= 4 is 0 Å². The summed E-state index contributed by atoms with van der Waals surface area (Å²) in [7, 11) is 0. The molecule has 0 saturated carbocycles. The van der Waals surface area contributed by atoms with Gasteiger partial charge in [0.25, 0.3) is 0 Å². The van der Waals surface area contributed by atoms with E-state index in [2.05, 4.69) is 20.8 Å². The number of hydrogen-bond acceptors (Lipinski definition) is 0. The van der Waals surface area contributed by atoms with Crippen LogP contribution in [0.4, 0.5) is 8.78 Å². The summed E-state index contributed by atoms with van der Waals surface area (Å²) in [5, 5.41) is 0. The fraction of sp³-hybridized carbons (Fsp3) is 0.400. The Hall–Kier alpha value is -1.70. The average molecular weight is 304 g/mol. The molecule has 0 aliphatic carbocycles. The van der Waals surface area contributed by atoms with Crippen molar-refractivity contribution in [1.82, 2.24) is 0 Å². The third-order valence-electron chi connectivity index (χ3n) is 3.37. The third-order valence-corrected chi connectivity index (χ3v) is 3.37. The minimum Gasteiger partial charge on any atom is -0.207 e. The highest BCUT2D eigenvalue weighted by atomic mass is 19.1. The highest BCUT2D eigenvalue weighted by molar-refractivity contribution is 5.24. The van der Waals surface area contributed by atoms with E-state index in [1.807, 2.05) is 39.0 Å². The van der Waals surface area contributed by atoms with E-state index in [9.17, 15) is 8.78 Å². The highest BCUT2D eigenvalue weighted by Gasteiger charge is 2.16. The second-order valence-corrected chi connectivity index (χ2v) is 7.49. The molecule has 0 saturated heterocycles. The number of hydrogen-bond donors (Lipinski definition) is 0. The van der Waals surface area contributed by atoms with Gasteiger partial charge in [-0.05, 0) is 40.2 Å². The molecular weight excluding hydrogens is 278 g/mol. The van der Waals surface area contributed by atoms with Crippen LogP contribution in [0.3, 0.4) is 0 Å². The van der Waals surface area contributed by atoms with Gasteiger partial charge in [0, 0.05) is 0 Å². The maximum absolute atomic E-state index is 13.1. The minimum absolute atomic E-state index is 0.0437. The van der Waals surface area contributed by atoms with Gasteiger partial charge in [0.15, 0.2) is 0 Å². The van der Waals surface area contributed by atoms with Gasteiger partial charge in [-0.3, -0.25) is 0 Å². The van der Waals surface area contributed by atoms with Crippen LogP contribution in [0.5, 0.6) is 0 Å². The van der Waals surface area contributed by atoms with Crippen molar-refractivity contribution in [2.45, 2.75) is 52.4 Å². The Balaban J connectivity index is 0.000000220. The number of benzene rings is 2. The third kappa shape index (κ3) is 5.59. The number of rotatable bonds is 0. The van der Waals surface area contributed by atoms with Crippen LogP contribution in [0.15, 0.2) is 48.5 Å². The molecule has 0 N–H and O–H groups in total. The van der Waals surface area contributed by atoms with Crippen molar-refractivity contribution in [3.8, 4) is 0 Å². The summed E-state index contributed by atoms with van der Waals surface area (Å²) in [6.45, 7) is 12.2. The van der Waals surface area contributed by atoms with E-state index in [1.165, 1.54) is 12.1 Å². The predicted molar refractivity (Wildman–Crippen MR) is 90.2 cm³/mol. The van der Waals surface area contributed by atoms with Crippen molar-refractivity contribution < 1.29 is 8.78 Å². The highest BCUT2D eigenvalue weighted by Crippen LogP contribution is 2.24. The molecule has 0 aromatic heterocycles. The molecule has 0 fully saturated rings. The Morgan fingerprint density at radius 2 is 1.27 bits per heavy atom. The average Bonchev–Trinajstić information content (AvgIpc) is 2.37. The second-order valence-electron chi connectivity index (χ2n) is 7.49. The van der Waals surface area contributed by atoms with Crippen LogP contribution in [0.25, 0.3) is 0 Å². The van der Waals surface area contributed by atoms with Crippen LogP contribution < -0.4 is 0 Å². The molecular formula is C20H26F2. The molecule has 0 radical (unpaired) electrons. The lowest BCUT2D eigenvalue weighted by Gasteiger charge is -2.19. The Kier molecular flexibility index (Phi) is 5.87. The zero-order valence-corrected chi connectivity index (χ0v) is 14.4. The largest absolute Gasteiger partial charge is 0.207 e.